The number of anilines is 1. The third-order valence-corrected chi connectivity index (χ3v) is 3.72. The van der Waals surface area contributed by atoms with Gasteiger partial charge in [0.1, 0.15) is 12.2 Å². The molecule has 0 bridgehead atoms. The zero-order chi connectivity index (χ0) is 20.6. The predicted molar refractivity (Wildman–Crippen MR) is 86.8 cm³/mol. The highest BCUT2D eigenvalue weighted by atomic mass is 19.2. The molecule has 0 spiro atoms. The van der Waals surface area contributed by atoms with Crippen LogP contribution in [0.3, 0.4) is 0 Å². The second-order valence-electron chi connectivity index (χ2n) is 5.50. The number of carbonyl (C=O) groups excluding carboxylic acids is 1. The number of nitrogens with one attached hydrogen (secondary N) is 3. The van der Waals surface area contributed by atoms with E-state index in [-0.39, 0.29) is 10.8 Å². The minimum absolute atomic E-state index is 0.0202. The Morgan fingerprint density at radius 3 is 2.04 bits per heavy atom. The van der Waals surface area contributed by atoms with E-state index in [0.717, 1.165) is 0 Å². The van der Waals surface area contributed by atoms with Gasteiger partial charge in [0, 0.05) is 0 Å². The number of amides is 1. The molecule has 7 nitrogen and oxygen atoms in total. The average molecular weight is 400 g/mol. The fourth-order valence-electron chi connectivity index (χ4n) is 2.39. The van der Waals surface area contributed by atoms with Gasteiger partial charge in [-0.3, -0.25) is 30.3 Å². The number of halogens is 5. The first kappa shape index (κ1) is 19.1. The van der Waals surface area contributed by atoms with Crippen molar-refractivity contribution in [2.24, 2.45) is 0 Å². The van der Waals surface area contributed by atoms with Crippen LogP contribution in [0.5, 0.6) is 0 Å². The molecule has 0 saturated carbocycles. The van der Waals surface area contributed by atoms with Gasteiger partial charge in [-0.15, -0.1) is 0 Å². The van der Waals surface area contributed by atoms with E-state index in [0.29, 0.717) is 4.68 Å². The lowest BCUT2D eigenvalue weighted by Gasteiger charge is -2.12. The van der Waals surface area contributed by atoms with E-state index in [1.54, 1.807) is 10.9 Å². The molecule has 28 heavy (non-hydrogen) atoms. The van der Waals surface area contributed by atoms with Crippen molar-refractivity contribution in [2.75, 3.05) is 5.43 Å². The molecule has 0 radical (unpaired) electrons. The second kappa shape index (κ2) is 7.13. The molecule has 146 valence electrons. The van der Waals surface area contributed by atoms with Crippen molar-refractivity contribution < 1.29 is 26.7 Å². The van der Waals surface area contributed by atoms with Gasteiger partial charge in [0.05, 0.1) is 10.8 Å². The molecule has 1 amide bonds. The van der Waals surface area contributed by atoms with Crippen LogP contribution in [-0.2, 0) is 11.3 Å². The number of hydrogen-bond donors (Lipinski definition) is 3. The minimum atomic E-state index is -2.35. The highest BCUT2D eigenvalue weighted by Crippen LogP contribution is 2.26. The topological polar surface area (TPSA) is 96.0 Å². The Labute approximate surface area is 151 Å². The number of nitrogens with zero attached hydrogens (tertiary/aromatic N) is 1. The van der Waals surface area contributed by atoms with Crippen LogP contribution in [0.2, 0.25) is 0 Å². The van der Waals surface area contributed by atoms with Gasteiger partial charge in [-0.05, 0) is 12.1 Å². The molecular formula is C16H9F5N4O3. The van der Waals surface area contributed by atoms with E-state index in [4.69, 9.17) is 0 Å². The summed E-state index contributed by atoms with van der Waals surface area (Å²) in [6.07, 6.45) is 0. The molecule has 1 aromatic heterocycles. The van der Waals surface area contributed by atoms with E-state index in [1.165, 1.54) is 24.3 Å². The Balaban J connectivity index is 1.83. The van der Waals surface area contributed by atoms with Crippen molar-refractivity contribution in [1.82, 2.24) is 15.2 Å². The lowest BCUT2D eigenvalue weighted by Crippen LogP contribution is -2.39. The summed E-state index contributed by atoms with van der Waals surface area (Å²) in [5.74, 6) is -12.2. The third-order valence-electron chi connectivity index (χ3n) is 3.72. The van der Waals surface area contributed by atoms with Gasteiger partial charge >= 0.3 is 0 Å². The summed E-state index contributed by atoms with van der Waals surface area (Å²) in [6.45, 7) is -0.804. The Bertz CT molecular complexity index is 1190. The molecule has 3 aromatic rings. The number of aromatic amines is 1. The van der Waals surface area contributed by atoms with Gasteiger partial charge in [-0.1, -0.05) is 12.1 Å². The zero-order valence-electron chi connectivity index (χ0n) is 13.6. The number of H-pyrrole nitrogens is 1. The van der Waals surface area contributed by atoms with E-state index in [1.807, 2.05) is 0 Å². The van der Waals surface area contributed by atoms with Crippen molar-refractivity contribution in [3.63, 3.8) is 0 Å². The quantitative estimate of drug-likeness (QED) is 0.268. The van der Waals surface area contributed by atoms with Gasteiger partial charge in [0.15, 0.2) is 23.3 Å². The molecule has 0 atom stereocenters. The highest BCUT2D eigenvalue weighted by Gasteiger charge is 2.26. The summed E-state index contributed by atoms with van der Waals surface area (Å²) in [7, 11) is 0. The number of benzene rings is 2. The Morgan fingerprint density at radius 1 is 0.893 bits per heavy atom. The molecule has 0 aliphatic heterocycles. The summed E-state index contributed by atoms with van der Waals surface area (Å²) >= 11 is 0. The molecule has 0 aliphatic carbocycles. The molecule has 2 aromatic carbocycles. The van der Waals surface area contributed by atoms with Gasteiger partial charge in [-0.25, -0.2) is 26.6 Å². The predicted octanol–water partition coefficient (Wildman–Crippen LogP) is 1.53. The van der Waals surface area contributed by atoms with Crippen LogP contribution in [0, 0.1) is 29.1 Å². The third kappa shape index (κ3) is 3.19. The maximum atomic E-state index is 13.5. The lowest BCUT2D eigenvalue weighted by molar-refractivity contribution is -0.121. The summed E-state index contributed by atoms with van der Waals surface area (Å²) in [5, 5.41) is 2.25. The fourth-order valence-corrected chi connectivity index (χ4v) is 2.39. The van der Waals surface area contributed by atoms with Crippen LogP contribution >= 0.6 is 0 Å². The number of aromatic nitrogens is 2. The first-order valence-electron chi connectivity index (χ1n) is 7.50. The zero-order valence-corrected chi connectivity index (χ0v) is 13.6. The van der Waals surface area contributed by atoms with Crippen molar-refractivity contribution in [2.45, 2.75) is 6.54 Å². The standard InChI is InChI=1S/C16H9F5N4O3/c17-9-10(18)12(20)14(13(21)11(9)19)23-22-8(26)5-25-16(28)7-4-2-1-3-6(7)15(27)24-25/h1-4,23H,5H2,(H,22,26)(H,24,27). The number of hydrazine groups is 1. The largest absolute Gasteiger partial charge is 0.293 e. The van der Waals surface area contributed by atoms with Crippen LogP contribution in [0.1, 0.15) is 0 Å². The van der Waals surface area contributed by atoms with Crippen LogP contribution in [0.15, 0.2) is 33.9 Å². The summed E-state index contributed by atoms with van der Waals surface area (Å²) in [4.78, 5) is 36.1. The molecule has 0 unspecified atom stereocenters. The van der Waals surface area contributed by atoms with Crippen LogP contribution in [0.25, 0.3) is 10.8 Å². The molecule has 3 rings (SSSR count). The summed E-state index contributed by atoms with van der Waals surface area (Å²) < 4.78 is 66.9. The Morgan fingerprint density at radius 2 is 1.43 bits per heavy atom. The molecule has 3 N–H and O–H groups in total. The van der Waals surface area contributed by atoms with Gasteiger partial charge < -0.3 is 0 Å². The maximum absolute atomic E-state index is 13.5. The molecule has 1 heterocycles. The summed E-state index contributed by atoms with van der Waals surface area (Å²) in [5.41, 5.74) is 0.381. The first-order valence-corrected chi connectivity index (χ1v) is 7.50. The molecule has 0 saturated heterocycles. The van der Waals surface area contributed by atoms with Crippen LogP contribution in [0.4, 0.5) is 27.6 Å². The van der Waals surface area contributed by atoms with Gasteiger partial charge in [0.2, 0.25) is 5.82 Å². The van der Waals surface area contributed by atoms with Gasteiger partial charge in [0.25, 0.3) is 17.0 Å². The molecule has 0 aliphatic rings. The first-order chi connectivity index (χ1) is 13.2. The van der Waals surface area contributed by atoms with E-state index in [2.05, 4.69) is 5.10 Å². The van der Waals surface area contributed by atoms with Crippen LogP contribution in [-0.4, -0.2) is 15.7 Å². The minimum Gasteiger partial charge on any atom is -0.293 e. The number of fused-ring (bicyclic) bond motifs is 1. The SMILES string of the molecule is O=C(Cn1[nH]c(=O)c2ccccc2c1=O)NNc1c(F)c(F)c(F)c(F)c1F. The van der Waals surface area contributed by atoms with Crippen molar-refractivity contribution >= 4 is 22.4 Å². The van der Waals surface area contributed by atoms with E-state index < -0.39 is 58.3 Å². The Kier molecular flexibility index (Phi) is 4.86. The van der Waals surface area contributed by atoms with Gasteiger partial charge in [-0.2, -0.15) is 0 Å². The number of rotatable bonds is 4. The monoisotopic (exact) mass is 400 g/mol. The van der Waals surface area contributed by atoms with Crippen molar-refractivity contribution in [3.05, 3.63) is 74.1 Å². The Hall–Kier alpha value is -3.70. The summed E-state index contributed by atoms with van der Waals surface area (Å²) in [6, 6.07) is 5.78. The average Bonchev–Trinajstić information content (AvgIpc) is 2.69. The van der Waals surface area contributed by atoms with E-state index >= 15 is 0 Å². The number of hydrogen-bond acceptors (Lipinski definition) is 4. The molecule has 0 fully saturated rings. The maximum Gasteiger partial charge on any atom is 0.273 e. The number of carbonyl (C=O) groups is 1. The van der Waals surface area contributed by atoms with Crippen LogP contribution < -0.4 is 22.0 Å². The van der Waals surface area contributed by atoms with Crippen molar-refractivity contribution in [3.8, 4) is 0 Å². The molecule has 12 heteroatoms. The van der Waals surface area contributed by atoms with E-state index in [9.17, 15) is 36.3 Å². The second-order valence-corrected chi connectivity index (χ2v) is 5.50. The highest BCUT2D eigenvalue weighted by molar-refractivity contribution is 5.81. The molecular weight excluding hydrogens is 391 g/mol. The fraction of sp³-hybridized carbons (Fsp3) is 0.0625. The normalized spacial score (nSPS) is 10.9. The van der Waals surface area contributed by atoms with Crippen molar-refractivity contribution in [1.29, 1.82) is 0 Å². The smallest absolute Gasteiger partial charge is 0.273 e. The lowest BCUT2D eigenvalue weighted by atomic mass is 10.2.